The van der Waals surface area contributed by atoms with Crippen molar-refractivity contribution < 1.29 is 19.1 Å². The van der Waals surface area contributed by atoms with Crippen LogP contribution in [0.4, 0.5) is 0 Å². The summed E-state index contributed by atoms with van der Waals surface area (Å²) < 4.78 is 11.6. The van der Waals surface area contributed by atoms with Crippen LogP contribution in [0.5, 0.6) is 11.5 Å². The molecule has 1 aliphatic heterocycles. The Labute approximate surface area is 199 Å². The van der Waals surface area contributed by atoms with Gasteiger partial charge in [0.05, 0.1) is 13.0 Å². The van der Waals surface area contributed by atoms with Crippen molar-refractivity contribution in [1.29, 1.82) is 0 Å². The lowest BCUT2D eigenvalue weighted by Crippen LogP contribution is -2.51. The molecule has 1 aromatic carbocycles. The van der Waals surface area contributed by atoms with E-state index in [2.05, 4.69) is 9.97 Å². The maximum atomic E-state index is 13.1. The van der Waals surface area contributed by atoms with Gasteiger partial charge in [0.2, 0.25) is 5.91 Å². The molecule has 0 saturated carbocycles. The van der Waals surface area contributed by atoms with Crippen LogP contribution in [0.3, 0.4) is 0 Å². The Kier molecular flexibility index (Phi) is 7.70. The number of hydrogen-bond acceptors (Lipinski definition) is 6. The lowest BCUT2D eigenvalue weighted by atomic mass is 10.1. The molecule has 2 aromatic heterocycles. The van der Waals surface area contributed by atoms with Gasteiger partial charge in [-0.1, -0.05) is 12.1 Å². The Morgan fingerprint density at radius 3 is 2.44 bits per heavy atom. The maximum absolute atomic E-state index is 13.1. The van der Waals surface area contributed by atoms with E-state index in [1.807, 2.05) is 37.3 Å². The molecule has 1 saturated heterocycles. The first-order valence-electron chi connectivity index (χ1n) is 11.4. The summed E-state index contributed by atoms with van der Waals surface area (Å²) >= 11 is 0. The Bertz CT molecular complexity index is 1100. The zero-order valence-corrected chi connectivity index (χ0v) is 19.2. The van der Waals surface area contributed by atoms with Gasteiger partial charge in [0.25, 0.3) is 5.91 Å². The number of nitrogens with zero attached hydrogens (tertiary/aromatic N) is 4. The van der Waals surface area contributed by atoms with Crippen molar-refractivity contribution in [1.82, 2.24) is 19.8 Å². The van der Waals surface area contributed by atoms with Crippen LogP contribution in [-0.4, -0.2) is 64.4 Å². The normalized spacial score (nSPS) is 13.4. The molecule has 0 radical (unpaired) electrons. The zero-order valence-electron chi connectivity index (χ0n) is 19.2. The molecule has 3 aromatic rings. The number of benzene rings is 1. The molecule has 0 atom stereocenters. The molecule has 0 aliphatic carbocycles. The van der Waals surface area contributed by atoms with Gasteiger partial charge in [0.1, 0.15) is 6.61 Å². The smallest absolute Gasteiger partial charge is 0.254 e. The summed E-state index contributed by atoms with van der Waals surface area (Å²) in [6.45, 7) is 4.67. The molecule has 0 spiro atoms. The van der Waals surface area contributed by atoms with Gasteiger partial charge < -0.3 is 19.3 Å². The van der Waals surface area contributed by atoms with E-state index in [1.54, 1.807) is 46.6 Å². The summed E-state index contributed by atoms with van der Waals surface area (Å²) in [4.78, 5) is 37.6. The Morgan fingerprint density at radius 2 is 1.74 bits per heavy atom. The number of piperazine rings is 1. The Hall–Kier alpha value is -3.94. The standard InChI is InChI=1S/C26H28N4O4/c1-2-33-24-16-21(8-9-23(24)34-19-20-6-5-10-27-18-20)26(32)30-14-12-29(13-15-30)25(31)17-22-7-3-4-11-28-22/h3-11,16,18H,2,12-15,17,19H2,1H3. The predicted molar refractivity (Wildman–Crippen MR) is 127 cm³/mol. The maximum Gasteiger partial charge on any atom is 0.254 e. The molecule has 4 rings (SSSR count). The van der Waals surface area contributed by atoms with E-state index in [4.69, 9.17) is 9.47 Å². The van der Waals surface area contributed by atoms with Crippen molar-refractivity contribution in [2.75, 3.05) is 32.8 Å². The fraction of sp³-hybridized carbons (Fsp3) is 0.308. The van der Waals surface area contributed by atoms with Crippen molar-refractivity contribution >= 4 is 11.8 Å². The number of carbonyl (C=O) groups is 2. The first kappa shape index (κ1) is 23.2. The first-order valence-corrected chi connectivity index (χ1v) is 11.4. The van der Waals surface area contributed by atoms with Gasteiger partial charge in [-0.05, 0) is 43.3 Å². The van der Waals surface area contributed by atoms with E-state index in [1.165, 1.54) is 0 Å². The molecule has 8 nitrogen and oxygen atoms in total. The fourth-order valence-corrected chi connectivity index (χ4v) is 3.78. The summed E-state index contributed by atoms with van der Waals surface area (Å²) in [6, 6.07) is 14.6. The average molecular weight is 461 g/mol. The molecule has 1 fully saturated rings. The second-order valence-corrected chi connectivity index (χ2v) is 7.92. The summed E-state index contributed by atoms with van der Waals surface area (Å²) in [5.41, 5.74) is 2.23. The summed E-state index contributed by atoms with van der Waals surface area (Å²) in [6.07, 6.45) is 5.42. The van der Waals surface area contributed by atoms with Crippen LogP contribution in [0.25, 0.3) is 0 Å². The van der Waals surface area contributed by atoms with Gasteiger partial charge in [-0.2, -0.15) is 0 Å². The molecule has 2 amide bonds. The first-order chi connectivity index (χ1) is 16.6. The van der Waals surface area contributed by atoms with Crippen molar-refractivity contribution in [2.24, 2.45) is 0 Å². The molecule has 176 valence electrons. The quantitative estimate of drug-likeness (QED) is 0.514. The van der Waals surface area contributed by atoms with E-state index in [0.717, 1.165) is 11.3 Å². The largest absolute Gasteiger partial charge is 0.490 e. The third-order valence-electron chi connectivity index (χ3n) is 5.59. The third-order valence-corrected chi connectivity index (χ3v) is 5.59. The van der Waals surface area contributed by atoms with Gasteiger partial charge >= 0.3 is 0 Å². The van der Waals surface area contributed by atoms with E-state index in [9.17, 15) is 9.59 Å². The molecule has 0 N–H and O–H groups in total. The summed E-state index contributed by atoms with van der Waals surface area (Å²) in [5, 5.41) is 0. The minimum absolute atomic E-state index is 0.0274. The highest BCUT2D eigenvalue weighted by atomic mass is 16.5. The number of aromatic nitrogens is 2. The Balaban J connectivity index is 1.36. The van der Waals surface area contributed by atoms with Crippen LogP contribution < -0.4 is 9.47 Å². The summed E-state index contributed by atoms with van der Waals surface area (Å²) in [5.74, 6) is 1.05. The number of rotatable bonds is 8. The lowest BCUT2D eigenvalue weighted by molar-refractivity contribution is -0.132. The molecule has 34 heavy (non-hydrogen) atoms. The Morgan fingerprint density at radius 1 is 0.912 bits per heavy atom. The van der Waals surface area contributed by atoms with Gasteiger partial charge in [-0.3, -0.25) is 19.6 Å². The molecule has 0 unspecified atom stereocenters. The fourth-order valence-electron chi connectivity index (χ4n) is 3.78. The summed E-state index contributed by atoms with van der Waals surface area (Å²) in [7, 11) is 0. The molecule has 0 bridgehead atoms. The predicted octanol–water partition coefficient (Wildman–Crippen LogP) is 2.98. The number of pyridine rings is 2. The molecule has 1 aliphatic rings. The van der Waals surface area contributed by atoms with Crippen LogP contribution in [0, 0.1) is 0 Å². The number of hydrogen-bond donors (Lipinski definition) is 0. The van der Waals surface area contributed by atoms with Crippen LogP contribution >= 0.6 is 0 Å². The van der Waals surface area contributed by atoms with Gasteiger partial charge in [0.15, 0.2) is 11.5 Å². The van der Waals surface area contributed by atoms with E-state index < -0.39 is 0 Å². The van der Waals surface area contributed by atoms with Gasteiger partial charge in [-0.15, -0.1) is 0 Å². The molecular formula is C26H28N4O4. The second-order valence-electron chi connectivity index (χ2n) is 7.92. The molecule has 3 heterocycles. The van der Waals surface area contributed by atoms with Crippen LogP contribution in [0.1, 0.15) is 28.5 Å². The number of carbonyl (C=O) groups excluding carboxylic acids is 2. The van der Waals surface area contributed by atoms with E-state index in [0.29, 0.717) is 56.5 Å². The van der Waals surface area contributed by atoms with Crippen LogP contribution in [0.2, 0.25) is 0 Å². The van der Waals surface area contributed by atoms with Crippen molar-refractivity contribution in [3.63, 3.8) is 0 Å². The van der Waals surface area contributed by atoms with Crippen molar-refractivity contribution in [3.05, 3.63) is 83.9 Å². The minimum atomic E-state index is -0.0865. The van der Waals surface area contributed by atoms with E-state index >= 15 is 0 Å². The van der Waals surface area contributed by atoms with Crippen molar-refractivity contribution in [2.45, 2.75) is 20.0 Å². The SMILES string of the molecule is CCOc1cc(C(=O)N2CCN(C(=O)Cc3ccccn3)CC2)ccc1OCc1cccnc1. The topological polar surface area (TPSA) is 84.9 Å². The number of ether oxygens (including phenoxy) is 2. The highest BCUT2D eigenvalue weighted by Gasteiger charge is 2.25. The zero-order chi connectivity index (χ0) is 23.8. The minimum Gasteiger partial charge on any atom is -0.490 e. The lowest BCUT2D eigenvalue weighted by Gasteiger charge is -2.35. The highest BCUT2D eigenvalue weighted by Crippen LogP contribution is 2.30. The monoisotopic (exact) mass is 460 g/mol. The van der Waals surface area contributed by atoms with Crippen LogP contribution in [-0.2, 0) is 17.8 Å². The van der Waals surface area contributed by atoms with E-state index in [-0.39, 0.29) is 18.2 Å². The molecular weight excluding hydrogens is 432 g/mol. The highest BCUT2D eigenvalue weighted by molar-refractivity contribution is 5.95. The van der Waals surface area contributed by atoms with Gasteiger partial charge in [-0.25, -0.2) is 0 Å². The van der Waals surface area contributed by atoms with Gasteiger partial charge in [0, 0.05) is 61.6 Å². The van der Waals surface area contributed by atoms with Crippen molar-refractivity contribution in [3.8, 4) is 11.5 Å². The second kappa shape index (κ2) is 11.3. The average Bonchev–Trinajstić information content (AvgIpc) is 2.89. The number of amides is 2. The molecule has 8 heteroatoms. The van der Waals surface area contributed by atoms with Crippen LogP contribution in [0.15, 0.2) is 67.1 Å². The third kappa shape index (κ3) is 5.89.